The first-order valence-electron chi connectivity index (χ1n) is 10.3. The number of carbonyl (C=O) groups is 2. The van der Waals surface area contributed by atoms with Crippen molar-refractivity contribution in [3.05, 3.63) is 64.7 Å². The number of piperazine rings is 1. The van der Waals surface area contributed by atoms with E-state index in [1.807, 2.05) is 17.5 Å². The Bertz CT molecular complexity index is 1240. The Balaban J connectivity index is 1.35. The minimum atomic E-state index is -3.68. The molecule has 0 radical (unpaired) electrons. The van der Waals surface area contributed by atoms with Gasteiger partial charge >= 0.3 is 0 Å². The van der Waals surface area contributed by atoms with Crippen LogP contribution in [0.4, 0.5) is 0 Å². The summed E-state index contributed by atoms with van der Waals surface area (Å²) in [5.74, 6) is -0.372. The Morgan fingerprint density at radius 2 is 1.70 bits per heavy atom. The Hall–Kier alpha value is -3.15. The molecular weight excluding hydrogens is 462 g/mol. The number of benzene rings is 1. The van der Waals surface area contributed by atoms with E-state index in [-0.39, 0.29) is 36.3 Å². The second kappa shape index (κ2) is 9.77. The first kappa shape index (κ1) is 23.0. The number of rotatable bonds is 6. The maximum atomic E-state index is 12.9. The normalized spacial score (nSPS) is 14.8. The van der Waals surface area contributed by atoms with Crippen LogP contribution in [-0.4, -0.2) is 65.6 Å². The molecule has 2 amide bonds. The summed E-state index contributed by atoms with van der Waals surface area (Å²) in [6.45, 7) is 2.99. The van der Waals surface area contributed by atoms with Crippen molar-refractivity contribution in [1.82, 2.24) is 24.5 Å². The quantitative estimate of drug-likeness (QED) is 0.571. The predicted octanol–water partition coefficient (Wildman–Crippen LogP) is 1.99. The second-order valence-corrected chi connectivity index (χ2v) is 10.4. The summed E-state index contributed by atoms with van der Waals surface area (Å²) in [7, 11) is -3.68. The highest BCUT2D eigenvalue weighted by Gasteiger charge is 2.29. The molecule has 1 N–H and O–H groups in total. The molecular formula is C22H23N5O4S2. The fourth-order valence-corrected chi connectivity index (χ4v) is 5.64. The van der Waals surface area contributed by atoms with Crippen LogP contribution in [-0.2, 0) is 21.4 Å². The van der Waals surface area contributed by atoms with Crippen molar-refractivity contribution in [2.24, 2.45) is 0 Å². The Labute approximate surface area is 196 Å². The first-order valence-corrected chi connectivity index (χ1v) is 12.7. The van der Waals surface area contributed by atoms with Crippen molar-refractivity contribution >= 4 is 33.2 Å². The summed E-state index contributed by atoms with van der Waals surface area (Å²) >= 11 is 1.45. The zero-order chi connectivity index (χ0) is 23.4. The van der Waals surface area contributed by atoms with E-state index in [1.165, 1.54) is 46.8 Å². The molecule has 0 bridgehead atoms. The molecule has 3 aromatic rings. The summed E-state index contributed by atoms with van der Waals surface area (Å²) < 4.78 is 27.1. The number of pyridine rings is 1. The average molecular weight is 486 g/mol. The zero-order valence-electron chi connectivity index (χ0n) is 18.0. The van der Waals surface area contributed by atoms with Crippen LogP contribution in [0.2, 0.25) is 0 Å². The molecule has 172 valence electrons. The third-order valence-electron chi connectivity index (χ3n) is 5.37. The van der Waals surface area contributed by atoms with Gasteiger partial charge in [0.1, 0.15) is 5.01 Å². The summed E-state index contributed by atoms with van der Waals surface area (Å²) in [5.41, 5.74) is 2.14. The van der Waals surface area contributed by atoms with Gasteiger partial charge in [0.2, 0.25) is 15.9 Å². The van der Waals surface area contributed by atoms with Gasteiger partial charge in [0.15, 0.2) is 0 Å². The molecule has 0 unspecified atom stereocenters. The Morgan fingerprint density at radius 3 is 2.33 bits per heavy atom. The van der Waals surface area contributed by atoms with Crippen molar-refractivity contribution in [2.75, 3.05) is 26.2 Å². The van der Waals surface area contributed by atoms with Gasteiger partial charge in [-0.15, -0.1) is 11.3 Å². The van der Waals surface area contributed by atoms with E-state index in [0.29, 0.717) is 18.7 Å². The summed E-state index contributed by atoms with van der Waals surface area (Å²) in [6.07, 6.45) is 3.40. The molecule has 0 spiro atoms. The van der Waals surface area contributed by atoms with Crippen LogP contribution in [0.25, 0.3) is 11.3 Å². The van der Waals surface area contributed by atoms with Crippen LogP contribution in [0.1, 0.15) is 22.3 Å². The Morgan fingerprint density at radius 1 is 1.03 bits per heavy atom. The highest BCUT2D eigenvalue weighted by Crippen LogP contribution is 2.21. The number of carbonyl (C=O) groups excluding carboxylic acids is 2. The van der Waals surface area contributed by atoms with Gasteiger partial charge in [0.05, 0.1) is 17.1 Å². The van der Waals surface area contributed by atoms with Crippen molar-refractivity contribution < 1.29 is 18.0 Å². The van der Waals surface area contributed by atoms with Gasteiger partial charge in [0, 0.05) is 62.0 Å². The van der Waals surface area contributed by atoms with Crippen LogP contribution in [0.15, 0.2) is 59.1 Å². The molecule has 1 saturated heterocycles. The number of aromatic nitrogens is 2. The fraction of sp³-hybridized carbons (Fsp3) is 0.273. The highest BCUT2D eigenvalue weighted by molar-refractivity contribution is 7.89. The lowest BCUT2D eigenvalue weighted by molar-refractivity contribution is -0.129. The molecule has 11 heteroatoms. The smallest absolute Gasteiger partial charge is 0.251 e. The maximum absolute atomic E-state index is 12.9. The lowest BCUT2D eigenvalue weighted by atomic mass is 10.2. The zero-order valence-corrected chi connectivity index (χ0v) is 19.6. The van der Waals surface area contributed by atoms with E-state index in [1.54, 1.807) is 17.3 Å². The lowest BCUT2D eigenvalue weighted by Crippen LogP contribution is -2.49. The average Bonchev–Trinajstić information content (AvgIpc) is 3.32. The minimum Gasteiger partial charge on any atom is -0.346 e. The molecule has 0 atom stereocenters. The van der Waals surface area contributed by atoms with Crippen LogP contribution >= 0.6 is 11.3 Å². The molecule has 0 aliphatic carbocycles. The topological polar surface area (TPSA) is 113 Å². The summed E-state index contributed by atoms with van der Waals surface area (Å²) in [5, 5.41) is 5.50. The van der Waals surface area contributed by atoms with Gasteiger partial charge in [-0.1, -0.05) is 0 Å². The van der Waals surface area contributed by atoms with E-state index in [0.717, 1.165) is 16.3 Å². The maximum Gasteiger partial charge on any atom is 0.251 e. The number of amides is 2. The number of sulfonamides is 1. The van der Waals surface area contributed by atoms with Gasteiger partial charge < -0.3 is 10.2 Å². The number of hydrogen-bond donors (Lipinski definition) is 1. The molecule has 1 fully saturated rings. The van der Waals surface area contributed by atoms with Crippen molar-refractivity contribution in [1.29, 1.82) is 0 Å². The van der Waals surface area contributed by atoms with Gasteiger partial charge in [-0.2, -0.15) is 4.31 Å². The lowest BCUT2D eigenvalue weighted by Gasteiger charge is -2.33. The minimum absolute atomic E-state index is 0.0613. The molecule has 4 rings (SSSR count). The largest absolute Gasteiger partial charge is 0.346 e. The van der Waals surface area contributed by atoms with Gasteiger partial charge in [-0.3, -0.25) is 14.6 Å². The van der Waals surface area contributed by atoms with Gasteiger partial charge in [-0.25, -0.2) is 13.4 Å². The highest BCUT2D eigenvalue weighted by atomic mass is 32.2. The van der Waals surface area contributed by atoms with Gasteiger partial charge in [-0.05, 0) is 36.4 Å². The van der Waals surface area contributed by atoms with E-state index < -0.39 is 10.0 Å². The number of nitrogens with zero attached hydrogens (tertiary/aromatic N) is 4. The van der Waals surface area contributed by atoms with Crippen LogP contribution < -0.4 is 5.32 Å². The van der Waals surface area contributed by atoms with Crippen molar-refractivity contribution in [3.8, 4) is 11.3 Å². The first-order chi connectivity index (χ1) is 15.8. The van der Waals surface area contributed by atoms with Crippen LogP contribution in [0, 0.1) is 0 Å². The van der Waals surface area contributed by atoms with Crippen LogP contribution in [0.5, 0.6) is 0 Å². The van der Waals surface area contributed by atoms with E-state index in [4.69, 9.17) is 0 Å². The van der Waals surface area contributed by atoms with E-state index >= 15 is 0 Å². The molecule has 2 aromatic heterocycles. The monoisotopic (exact) mass is 485 g/mol. The molecule has 33 heavy (non-hydrogen) atoms. The number of thiazole rings is 1. The summed E-state index contributed by atoms with van der Waals surface area (Å²) in [4.78, 5) is 34.2. The number of hydrogen-bond acceptors (Lipinski definition) is 7. The van der Waals surface area contributed by atoms with E-state index in [9.17, 15) is 18.0 Å². The standard InChI is InChI=1S/C22H23N5O4S2/c1-16(28)26-10-12-27(13-11-26)33(30,31)19-4-2-18(3-5-19)22(29)24-14-21-25-20(15-32-21)17-6-8-23-9-7-17/h2-9,15H,10-14H2,1H3,(H,24,29). The fourth-order valence-electron chi connectivity index (χ4n) is 3.48. The van der Waals surface area contributed by atoms with Crippen molar-refractivity contribution in [3.63, 3.8) is 0 Å². The molecule has 1 aromatic carbocycles. The number of nitrogens with one attached hydrogen (secondary N) is 1. The van der Waals surface area contributed by atoms with Gasteiger partial charge in [0.25, 0.3) is 5.91 Å². The van der Waals surface area contributed by atoms with Crippen molar-refractivity contribution in [2.45, 2.75) is 18.4 Å². The summed E-state index contributed by atoms with van der Waals surface area (Å²) in [6, 6.07) is 9.61. The van der Waals surface area contributed by atoms with Crippen LogP contribution in [0.3, 0.4) is 0 Å². The molecule has 9 nitrogen and oxygen atoms in total. The van der Waals surface area contributed by atoms with E-state index in [2.05, 4.69) is 15.3 Å². The molecule has 1 aliphatic heterocycles. The molecule has 1 aliphatic rings. The second-order valence-electron chi connectivity index (χ2n) is 7.48. The Kier molecular flexibility index (Phi) is 6.82. The predicted molar refractivity (Wildman–Crippen MR) is 124 cm³/mol. The molecule has 3 heterocycles. The third kappa shape index (κ3) is 5.27. The third-order valence-corrected chi connectivity index (χ3v) is 8.13. The molecule has 0 saturated carbocycles. The SMILES string of the molecule is CC(=O)N1CCN(S(=O)(=O)c2ccc(C(=O)NCc3nc(-c4ccncc4)cs3)cc2)CC1.